The van der Waals surface area contributed by atoms with Crippen LogP contribution in [0.4, 0.5) is 5.69 Å². The molecule has 0 bridgehead atoms. The van der Waals surface area contributed by atoms with Crippen LogP contribution in [0.3, 0.4) is 0 Å². The van der Waals surface area contributed by atoms with Gasteiger partial charge in [0.25, 0.3) is 5.91 Å². The number of amides is 1. The molecule has 1 saturated heterocycles. The lowest BCUT2D eigenvalue weighted by Crippen LogP contribution is -2.27. The molecule has 1 aliphatic rings. The summed E-state index contributed by atoms with van der Waals surface area (Å²) in [5, 5.41) is 9.38. The number of benzene rings is 2. The summed E-state index contributed by atoms with van der Waals surface area (Å²) in [4.78, 5) is 26.3. The summed E-state index contributed by atoms with van der Waals surface area (Å²) >= 11 is 6.59. The molecule has 2 heterocycles. The minimum atomic E-state index is -1.04. The second kappa shape index (κ2) is 8.79. The number of thiocarbonyl (C=S) groups is 1. The van der Waals surface area contributed by atoms with Gasteiger partial charge in [-0.2, -0.15) is 0 Å². The first-order chi connectivity index (χ1) is 15.0. The van der Waals surface area contributed by atoms with Crippen LogP contribution in [0.2, 0.25) is 0 Å². The minimum absolute atomic E-state index is 0.144. The zero-order chi connectivity index (χ0) is 22.0. The lowest BCUT2D eigenvalue weighted by Gasteiger charge is -2.15. The van der Waals surface area contributed by atoms with Crippen LogP contribution < -0.4 is 9.64 Å². The number of carbonyl (C=O) groups excluding carboxylic acids is 1. The van der Waals surface area contributed by atoms with Crippen molar-refractivity contribution >= 4 is 51.9 Å². The molecule has 156 valence electrons. The molecule has 8 heteroatoms. The molecule has 1 amide bonds. The highest BCUT2D eigenvalue weighted by Gasteiger charge is 2.33. The fraction of sp³-hybridized carbons (Fsp3) is 0.0870. The first-order valence-corrected chi connectivity index (χ1v) is 10.6. The summed E-state index contributed by atoms with van der Waals surface area (Å²) in [7, 11) is 0. The van der Waals surface area contributed by atoms with Crippen LogP contribution in [-0.4, -0.2) is 27.9 Å². The monoisotopic (exact) mass is 451 g/mol. The van der Waals surface area contributed by atoms with E-state index in [2.05, 4.69) is 0 Å². The molecule has 3 aromatic rings. The maximum Gasteiger partial charge on any atom is 0.336 e. The molecule has 1 aromatic heterocycles. The lowest BCUT2D eigenvalue weighted by atomic mass is 10.1. The third kappa shape index (κ3) is 4.26. The standard InChI is InChI=1S/C23H17NO5S2/c1-2-28-15-9-7-14(8-10-15)24-21(25)20(31-23(24)30)13-16-11-12-19(29-16)17-5-3-4-6-18(17)22(26)27/h3-13H,2H2,1H3,(H,26,27)/b20-13-. The first kappa shape index (κ1) is 20.9. The smallest absolute Gasteiger partial charge is 0.336 e. The van der Waals surface area contributed by atoms with Crippen LogP contribution in [0.15, 0.2) is 70.0 Å². The fourth-order valence-electron chi connectivity index (χ4n) is 3.14. The molecule has 1 aliphatic heterocycles. The molecule has 0 atom stereocenters. The number of carbonyl (C=O) groups is 2. The Morgan fingerprint density at radius 2 is 1.90 bits per heavy atom. The first-order valence-electron chi connectivity index (χ1n) is 9.41. The van der Waals surface area contributed by atoms with E-state index in [1.54, 1.807) is 60.7 Å². The molecule has 0 saturated carbocycles. The molecule has 6 nitrogen and oxygen atoms in total. The van der Waals surface area contributed by atoms with Gasteiger partial charge < -0.3 is 14.3 Å². The van der Waals surface area contributed by atoms with Crippen molar-refractivity contribution in [1.82, 2.24) is 0 Å². The molecule has 1 fully saturated rings. The second-order valence-corrected chi connectivity index (χ2v) is 8.17. The van der Waals surface area contributed by atoms with Crippen molar-refractivity contribution in [3.05, 3.63) is 76.9 Å². The van der Waals surface area contributed by atoms with Crippen LogP contribution >= 0.6 is 24.0 Å². The predicted octanol–water partition coefficient (Wildman–Crippen LogP) is 5.45. The van der Waals surface area contributed by atoms with Gasteiger partial charge >= 0.3 is 5.97 Å². The van der Waals surface area contributed by atoms with E-state index in [4.69, 9.17) is 21.4 Å². The summed E-state index contributed by atoms with van der Waals surface area (Å²) in [5.41, 5.74) is 1.27. The number of anilines is 1. The van der Waals surface area contributed by atoms with Gasteiger partial charge in [-0.05, 0) is 49.4 Å². The molecule has 31 heavy (non-hydrogen) atoms. The van der Waals surface area contributed by atoms with E-state index in [0.29, 0.717) is 38.6 Å². The number of thioether (sulfide) groups is 1. The van der Waals surface area contributed by atoms with E-state index >= 15 is 0 Å². The Bertz CT molecular complexity index is 1200. The van der Waals surface area contributed by atoms with E-state index < -0.39 is 5.97 Å². The Morgan fingerprint density at radius 1 is 1.16 bits per heavy atom. The number of hydrogen-bond acceptors (Lipinski definition) is 6. The normalized spacial score (nSPS) is 15.0. The number of aromatic carboxylic acids is 1. The van der Waals surface area contributed by atoms with Crippen molar-refractivity contribution in [3.63, 3.8) is 0 Å². The number of hydrogen-bond donors (Lipinski definition) is 1. The third-order valence-electron chi connectivity index (χ3n) is 4.52. The van der Waals surface area contributed by atoms with Gasteiger partial charge in [0.15, 0.2) is 4.32 Å². The van der Waals surface area contributed by atoms with Crippen LogP contribution in [0, 0.1) is 0 Å². The van der Waals surface area contributed by atoms with Crippen molar-refractivity contribution in [2.45, 2.75) is 6.92 Å². The average molecular weight is 452 g/mol. The van der Waals surface area contributed by atoms with E-state index in [0.717, 1.165) is 5.75 Å². The summed E-state index contributed by atoms with van der Waals surface area (Å²) in [5.74, 6) is 0.276. The van der Waals surface area contributed by atoms with Crippen molar-refractivity contribution in [1.29, 1.82) is 0 Å². The highest BCUT2D eigenvalue weighted by Crippen LogP contribution is 2.37. The van der Waals surface area contributed by atoms with Gasteiger partial charge in [-0.1, -0.05) is 42.2 Å². The van der Waals surface area contributed by atoms with Gasteiger partial charge in [0.05, 0.1) is 22.8 Å². The largest absolute Gasteiger partial charge is 0.494 e. The Kier molecular flexibility index (Phi) is 5.92. The summed E-state index contributed by atoms with van der Waals surface area (Å²) in [6.45, 7) is 2.46. The molecular formula is C23H17NO5S2. The Morgan fingerprint density at radius 3 is 2.61 bits per heavy atom. The van der Waals surface area contributed by atoms with Crippen molar-refractivity contribution < 1.29 is 23.8 Å². The van der Waals surface area contributed by atoms with E-state index in [9.17, 15) is 14.7 Å². The van der Waals surface area contributed by atoms with Crippen LogP contribution in [0.25, 0.3) is 17.4 Å². The number of furan rings is 1. The van der Waals surface area contributed by atoms with Gasteiger partial charge in [-0.15, -0.1) is 0 Å². The fourth-order valence-corrected chi connectivity index (χ4v) is 4.42. The average Bonchev–Trinajstić information content (AvgIpc) is 3.33. The van der Waals surface area contributed by atoms with E-state index in [1.165, 1.54) is 22.7 Å². The van der Waals surface area contributed by atoms with Crippen LogP contribution in [-0.2, 0) is 4.79 Å². The molecule has 2 aromatic carbocycles. The zero-order valence-corrected chi connectivity index (χ0v) is 18.0. The molecule has 0 aliphatic carbocycles. The van der Waals surface area contributed by atoms with Gasteiger partial charge in [0, 0.05) is 11.6 Å². The Balaban J connectivity index is 1.59. The second-order valence-electron chi connectivity index (χ2n) is 6.50. The summed E-state index contributed by atoms with van der Waals surface area (Å²) in [6, 6.07) is 17.1. The molecule has 1 N–H and O–H groups in total. The quantitative estimate of drug-likeness (QED) is 0.394. The molecule has 0 spiro atoms. The SMILES string of the molecule is CCOc1ccc(N2C(=O)/C(=C/c3ccc(-c4ccccc4C(=O)O)o3)SC2=S)cc1. The highest BCUT2D eigenvalue weighted by atomic mass is 32.2. The van der Waals surface area contributed by atoms with Gasteiger partial charge in [-0.25, -0.2) is 4.79 Å². The summed E-state index contributed by atoms with van der Waals surface area (Å²) in [6.07, 6.45) is 1.61. The van der Waals surface area contributed by atoms with Crippen LogP contribution in [0.5, 0.6) is 5.75 Å². The number of rotatable bonds is 6. The Hall–Kier alpha value is -3.36. The number of carboxylic acids is 1. The van der Waals surface area contributed by atoms with Crippen LogP contribution in [0.1, 0.15) is 23.0 Å². The zero-order valence-electron chi connectivity index (χ0n) is 16.4. The third-order valence-corrected chi connectivity index (χ3v) is 5.82. The van der Waals surface area contributed by atoms with Gasteiger partial charge in [0.1, 0.15) is 17.3 Å². The van der Waals surface area contributed by atoms with Crippen molar-refractivity contribution in [2.24, 2.45) is 0 Å². The minimum Gasteiger partial charge on any atom is -0.494 e. The maximum atomic E-state index is 13.0. The van der Waals surface area contributed by atoms with Gasteiger partial charge in [0.2, 0.25) is 0 Å². The lowest BCUT2D eigenvalue weighted by molar-refractivity contribution is -0.113. The van der Waals surface area contributed by atoms with Crippen molar-refractivity contribution in [3.8, 4) is 17.1 Å². The predicted molar refractivity (Wildman–Crippen MR) is 124 cm³/mol. The van der Waals surface area contributed by atoms with E-state index in [1.807, 2.05) is 6.92 Å². The Labute approximate surface area is 188 Å². The number of nitrogens with zero attached hydrogens (tertiary/aromatic N) is 1. The molecular weight excluding hydrogens is 434 g/mol. The number of carboxylic acid groups (broad SMARTS) is 1. The maximum absolute atomic E-state index is 13.0. The highest BCUT2D eigenvalue weighted by molar-refractivity contribution is 8.27. The topological polar surface area (TPSA) is 80.0 Å². The number of ether oxygens (including phenoxy) is 1. The molecule has 4 rings (SSSR count). The van der Waals surface area contributed by atoms with Gasteiger partial charge in [-0.3, -0.25) is 9.69 Å². The molecule has 0 unspecified atom stereocenters. The van der Waals surface area contributed by atoms with Crippen molar-refractivity contribution in [2.75, 3.05) is 11.5 Å². The molecule has 0 radical (unpaired) electrons. The summed E-state index contributed by atoms with van der Waals surface area (Å²) < 4.78 is 11.7. The van der Waals surface area contributed by atoms with E-state index in [-0.39, 0.29) is 11.5 Å².